The highest BCUT2D eigenvalue weighted by atomic mass is 16.5. The van der Waals surface area contributed by atoms with Crippen LogP contribution in [0.5, 0.6) is 23.0 Å². The molecule has 1 atom stereocenters. The van der Waals surface area contributed by atoms with Crippen LogP contribution in [-0.4, -0.2) is 34.5 Å². The second kappa shape index (κ2) is 11.0. The van der Waals surface area contributed by atoms with Crippen LogP contribution in [-0.2, 0) is 17.8 Å². The molecule has 8 heteroatoms. The van der Waals surface area contributed by atoms with Crippen molar-refractivity contribution in [1.29, 1.82) is 0 Å². The van der Waals surface area contributed by atoms with Crippen LogP contribution in [0.1, 0.15) is 29.2 Å². The molecule has 36 heavy (non-hydrogen) atoms. The quantitative estimate of drug-likeness (QED) is 0.514. The number of benzene rings is 2. The van der Waals surface area contributed by atoms with Crippen molar-refractivity contribution >= 4 is 6.09 Å². The third-order valence-electron chi connectivity index (χ3n) is 6.19. The third-order valence-corrected chi connectivity index (χ3v) is 6.19. The number of alkyl carbamates (subject to hydrolysis) is 1. The summed E-state index contributed by atoms with van der Waals surface area (Å²) < 4.78 is 27.6. The maximum atomic E-state index is 12.8. The van der Waals surface area contributed by atoms with Gasteiger partial charge in [-0.15, -0.1) is 0 Å². The van der Waals surface area contributed by atoms with Gasteiger partial charge in [0.25, 0.3) is 0 Å². The Labute approximate surface area is 209 Å². The largest absolute Gasteiger partial charge is 0.497 e. The number of carbonyl (C=O) groups excluding carboxylic acids is 1. The van der Waals surface area contributed by atoms with Crippen LogP contribution in [0.2, 0.25) is 0 Å². The molecule has 1 amide bonds. The molecule has 4 rings (SSSR count). The van der Waals surface area contributed by atoms with Gasteiger partial charge in [-0.3, -0.25) is 4.79 Å². The van der Waals surface area contributed by atoms with E-state index in [1.54, 1.807) is 40.6 Å². The Hall–Kier alpha value is -4.20. The van der Waals surface area contributed by atoms with Crippen LogP contribution >= 0.6 is 0 Å². The minimum Gasteiger partial charge on any atom is -0.497 e. The van der Waals surface area contributed by atoms with Crippen LogP contribution in [0.25, 0.3) is 11.1 Å². The average molecular weight is 492 g/mol. The summed E-state index contributed by atoms with van der Waals surface area (Å²) >= 11 is 0. The molecule has 0 fully saturated rings. The van der Waals surface area contributed by atoms with Crippen LogP contribution in [0.15, 0.2) is 59.4 Å². The minimum atomic E-state index is -0.583. The van der Waals surface area contributed by atoms with E-state index in [4.69, 9.17) is 23.7 Å². The van der Waals surface area contributed by atoms with Gasteiger partial charge >= 0.3 is 6.09 Å². The van der Waals surface area contributed by atoms with Gasteiger partial charge in [0.05, 0.1) is 34.5 Å². The lowest BCUT2D eigenvalue weighted by molar-refractivity contribution is 0.135. The average Bonchev–Trinajstić information content (AvgIpc) is 3.17. The van der Waals surface area contributed by atoms with Crippen molar-refractivity contribution in [3.05, 3.63) is 81.5 Å². The molecule has 0 aliphatic heterocycles. The first-order valence-electron chi connectivity index (χ1n) is 11.5. The summed E-state index contributed by atoms with van der Waals surface area (Å²) in [5.41, 5.74) is 3.83. The van der Waals surface area contributed by atoms with E-state index in [-0.39, 0.29) is 12.0 Å². The molecular weight excluding hydrogens is 462 g/mol. The molecule has 0 saturated heterocycles. The molecule has 1 aliphatic carbocycles. The minimum absolute atomic E-state index is 0.0838. The summed E-state index contributed by atoms with van der Waals surface area (Å²) in [6.07, 6.45) is 0.552. The maximum Gasteiger partial charge on any atom is 0.407 e. The monoisotopic (exact) mass is 491 g/mol. The van der Waals surface area contributed by atoms with Crippen LogP contribution in [0.4, 0.5) is 4.79 Å². The van der Waals surface area contributed by atoms with Crippen LogP contribution in [0, 0.1) is 0 Å². The fraction of sp³-hybridized carbons (Fsp3) is 0.286. The Morgan fingerprint density at radius 3 is 2.42 bits per heavy atom. The first-order chi connectivity index (χ1) is 17.5. The Bertz CT molecular complexity index is 1320. The van der Waals surface area contributed by atoms with E-state index in [1.165, 1.54) is 6.07 Å². The van der Waals surface area contributed by atoms with Gasteiger partial charge in [0, 0.05) is 5.56 Å². The van der Waals surface area contributed by atoms with E-state index < -0.39 is 12.1 Å². The topological polar surface area (TPSA) is 92.3 Å². The number of amides is 1. The van der Waals surface area contributed by atoms with Crippen LogP contribution in [0.3, 0.4) is 0 Å². The van der Waals surface area contributed by atoms with Crippen LogP contribution < -0.4 is 29.7 Å². The summed E-state index contributed by atoms with van der Waals surface area (Å²) in [6.45, 7) is 0.0838. The fourth-order valence-electron chi connectivity index (χ4n) is 4.53. The van der Waals surface area contributed by atoms with Gasteiger partial charge in [-0.05, 0) is 65.4 Å². The number of rotatable bonds is 7. The normalized spacial score (nSPS) is 13.9. The molecular formula is C28H29NO7. The van der Waals surface area contributed by atoms with E-state index in [0.717, 1.165) is 22.3 Å². The zero-order valence-electron chi connectivity index (χ0n) is 20.8. The highest BCUT2D eigenvalue weighted by molar-refractivity contribution is 5.83. The molecule has 3 aromatic carbocycles. The first-order valence-corrected chi connectivity index (χ1v) is 11.5. The van der Waals surface area contributed by atoms with Gasteiger partial charge in [-0.1, -0.05) is 24.3 Å². The second-order valence-corrected chi connectivity index (χ2v) is 8.28. The summed E-state index contributed by atoms with van der Waals surface area (Å²) in [5.74, 6) is 2.20. The van der Waals surface area contributed by atoms with Gasteiger partial charge in [-0.25, -0.2) is 4.79 Å². The van der Waals surface area contributed by atoms with E-state index in [2.05, 4.69) is 5.32 Å². The van der Waals surface area contributed by atoms with E-state index in [0.29, 0.717) is 41.4 Å². The molecule has 3 aromatic rings. The molecule has 1 aliphatic rings. The highest BCUT2D eigenvalue weighted by Crippen LogP contribution is 2.50. The molecule has 0 saturated carbocycles. The van der Waals surface area contributed by atoms with E-state index in [1.807, 2.05) is 36.4 Å². The third kappa shape index (κ3) is 5.07. The molecule has 0 spiro atoms. The number of hydrogen-bond acceptors (Lipinski definition) is 7. The molecule has 188 valence electrons. The zero-order chi connectivity index (χ0) is 25.7. The number of ether oxygens (including phenoxy) is 5. The van der Waals surface area contributed by atoms with Crippen molar-refractivity contribution in [2.45, 2.75) is 25.5 Å². The van der Waals surface area contributed by atoms with Crippen molar-refractivity contribution < 1.29 is 28.5 Å². The number of hydrogen-bond donors (Lipinski definition) is 1. The molecule has 1 N–H and O–H groups in total. The van der Waals surface area contributed by atoms with E-state index in [9.17, 15) is 9.59 Å². The standard InChI is InChI=1S/C28H29NO7/c1-32-20-9-5-7-17(13-20)16-36-28(31)29-23-12-11-18-14-24(33-2)26(34-3)27(35-4)25(18)21-10-6-8-19(30)15-22(21)23/h5-10,13-15,23H,11-12,16H2,1-4H3,(H,29,31). The SMILES string of the molecule is COc1cccc(COC(=O)NC2CCc3cc(OC)c(OC)c(OC)c3-c3cccc(=O)cc32)c1. The highest BCUT2D eigenvalue weighted by Gasteiger charge is 2.29. The first kappa shape index (κ1) is 24.9. The molecule has 0 heterocycles. The van der Waals surface area contributed by atoms with Gasteiger partial charge in [0.1, 0.15) is 12.4 Å². The Balaban J connectivity index is 1.70. The number of aryl methyl sites for hydroxylation is 1. The Morgan fingerprint density at radius 1 is 0.917 bits per heavy atom. The lowest BCUT2D eigenvalue weighted by Gasteiger charge is -2.20. The van der Waals surface area contributed by atoms with Crippen molar-refractivity contribution in [2.24, 2.45) is 0 Å². The fourth-order valence-corrected chi connectivity index (χ4v) is 4.53. The van der Waals surface area contributed by atoms with Crippen molar-refractivity contribution in [3.8, 4) is 34.1 Å². The predicted molar refractivity (Wildman–Crippen MR) is 135 cm³/mol. The van der Waals surface area contributed by atoms with Gasteiger partial charge in [-0.2, -0.15) is 0 Å². The number of methoxy groups -OCH3 is 4. The van der Waals surface area contributed by atoms with Crippen molar-refractivity contribution in [1.82, 2.24) is 5.32 Å². The van der Waals surface area contributed by atoms with E-state index >= 15 is 0 Å². The molecule has 1 unspecified atom stereocenters. The maximum absolute atomic E-state index is 12.8. The van der Waals surface area contributed by atoms with Gasteiger partial charge in [0.15, 0.2) is 16.9 Å². The number of fused-ring (bicyclic) bond motifs is 3. The van der Waals surface area contributed by atoms with Gasteiger partial charge < -0.3 is 29.0 Å². The summed E-state index contributed by atoms with van der Waals surface area (Å²) in [6, 6.07) is 15.3. The Morgan fingerprint density at radius 2 is 1.69 bits per heavy atom. The smallest absolute Gasteiger partial charge is 0.407 e. The molecule has 0 radical (unpaired) electrons. The Kier molecular flexibility index (Phi) is 7.63. The summed E-state index contributed by atoms with van der Waals surface area (Å²) in [7, 11) is 6.27. The summed E-state index contributed by atoms with van der Waals surface area (Å²) in [5, 5.41) is 2.95. The summed E-state index contributed by atoms with van der Waals surface area (Å²) in [4.78, 5) is 25.3. The molecule has 8 nitrogen and oxygen atoms in total. The van der Waals surface area contributed by atoms with Crippen molar-refractivity contribution in [2.75, 3.05) is 28.4 Å². The molecule has 0 aromatic heterocycles. The zero-order valence-corrected chi connectivity index (χ0v) is 20.8. The van der Waals surface area contributed by atoms with Crippen molar-refractivity contribution in [3.63, 3.8) is 0 Å². The lowest BCUT2D eigenvalue weighted by atomic mass is 9.95. The number of nitrogens with one attached hydrogen (secondary N) is 1. The second-order valence-electron chi connectivity index (χ2n) is 8.28. The predicted octanol–water partition coefficient (Wildman–Crippen LogP) is 4.66. The molecule has 0 bridgehead atoms. The lowest BCUT2D eigenvalue weighted by Crippen LogP contribution is -2.29. The number of carbonyl (C=O) groups is 1. The van der Waals surface area contributed by atoms with Gasteiger partial charge in [0.2, 0.25) is 5.75 Å².